The standard InChI is InChI=1S/C17H15NO3S.H3N/c1-12-2-6-15(7-3-12)18-16-8-4-14-11-17(22(19,20)21)9-5-13(14)10-16;/h2-11,18H,1H3,(H,19,20,21);1H3. The van der Waals surface area contributed by atoms with Gasteiger partial charge in [-0.25, -0.2) is 8.42 Å². The third-order valence-electron chi connectivity index (χ3n) is 3.44. The minimum atomic E-state index is -4.42. The molecule has 0 atom stereocenters. The van der Waals surface area contributed by atoms with Gasteiger partial charge >= 0.3 is 0 Å². The number of hydrogen-bond acceptors (Lipinski definition) is 4. The highest BCUT2D eigenvalue weighted by Gasteiger charge is 2.03. The highest BCUT2D eigenvalue weighted by molar-refractivity contribution is 7.85. The molecule has 0 saturated carbocycles. The SMILES string of the molecule is Cc1ccc(Nc2ccc3cc(S(=O)(=O)[O-])ccc3c2)cc1.[NH4+]. The van der Waals surface area contributed by atoms with E-state index in [0.29, 0.717) is 5.39 Å². The molecule has 0 unspecified atom stereocenters. The lowest BCUT2D eigenvalue weighted by molar-refractivity contribution is 0.463. The first-order valence-electron chi connectivity index (χ1n) is 6.75. The first-order valence-corrected chi connectivity index (χ1v) is 8.16. The van der Waals surface area contributed by atoms with Crippen LogP contribution in [0.4, 0.5) is 11.4 Å². The van der Waals surface area contributed by atoms with E-state index < -0.39 is 10.1 Å². The number of benzene rings is 3. The molecule has 0 heterocycles. The molecule has 0 spiro atoms. The summed E-state index contributed by atoms with van der Waals surface area (Å²) in [5.41, 5.74) is 3.06. The Labute approximate surface area is 135 Å². The summed E-state index contributed by atoms with van der Waals surface area (Å²) in [6.07, 6.45) is 0. The molecular weight excluding hydrogens is 312 g/mol. The van der Waals surface area contributed by atoms with E-state index >= 15 is 0 Å². The summed E-state index contributed by atoms with van der Waals surface area (Å²) in [5.74, 6) is 0. The van der Waals surface area contributed by atoms with Gasteiger partial charge in [-0.1, -0.05) is 29.8 Å². The van der Waals surface area contributed by atoms with Crippen LogP contribution in [-0.2, 0) is 10.1 Å². The van der Waals surface area contributed by atoms with Crippen LogP contribution in [0.2, 0.25) is 0 Å². The van der Waals surface area contributed by atoms with E-state index in [2.05, 4.69) is 5.32 Å². The maximum atomic E-state index is 11.0. The highest BCUT2D eigenvalue weighted by Crippen LogP contribution is 2.24. The molecule has 0 bridgehead atoms. The summed E-state index contributed by atoms with van der Waals surface area (Å²) >= 11 is 0. The van der Waals surface area contributed by atoms with Gasteiger partial charge in [0.15, 0.2) is 0 Å². The first-order chi connectivity index (χ1) is 10.4. The molecule has 120 valence electrons. The lowest BCUT2D eigenvalue weighted by Gasteiger charge is -2.10. The number of fused-ring (bicyclic) bond motifs is 1. The van der Waals surface area contributed by atoms with Crippen LogP contribution in [0.3, 0.4) is 0 Å². The number of anilines is 2. The van der Waals surface area contributed by atoms with Crippen molar-refractivity contribution in [3.8, 4) is 0 Å². The molecule has 5 N–H and O–H groups in total. The Bertz CT molecular complexity index is 936. The fourth-order valence-electron chi connectivity index (χ4n) is 2.26. The Balaban J connectivity index is 0.00000192. The Hall–Kier alpha value is -2.41. The van der Waals surface area contributed by atoms with Crippen molar-refractivity contribution in [1.82, 2.24) is 6.15 Å². The normalized spacial score (nSPS) is 11.0. The zero-order chi connectivity index (χ0) is 15.7. The molecular formula is C17H18N2O3S. The molecule has 0 aliphatic rings. The van der Waals surface area contributed by atoms with E-state index in [4.69, 9.17) is 0 Å². The molecule has 0 fully saturated rings. The van der Waals surface area contributed by atoms with E-state index in [1.807, 2.05) is 43.3 Å². The number of nitrogens with one attached hydrogen (secondary N) is 1. The van der Waals surface area contributed by atoms with Crippen molar-refractivity contribution < 1.29 is 13.0 Å². The van der Waals surface area contributed by atoms with Gasteiger partial charge in [-0.15, -0.1) is 0 Å². The van der Waals surface area contributed by atoms with Gasteiger partial charge in [0, 0.05) is 11.4 Å². The molecule has 0 saturated heterocycles. The van der Waals surface area contributed by atoms with Crippen LogP contribution in [0.1, 0.15) is 5.56 Å². The van der Waals surface area contributed by atoms with Crippen LogP contribution < -0.4 is 11.5 Å². The average molecular weight is 330 g/mol. The summed E-state index contributed by atoms with van der Waals surface area (Å²) in [6.45, 7) is 2.03. The summed E-state index contributed by atoms with van der Waals surface area (Å²) in [7, 11) is -4.42. The van der Waals surface area contributed by atoms with E-state index in [1.54, 1.807) is 12.1 Å². The first kappa shape index (κ1) is 17.0. The van der Waals surface area contributed by atoms with Gasteiger partial charge in [0.1, 0.15) is 10.1 Å². The zero-order valence-electron chi connectivity index (χ0n) is 12.9. The third-order valence-corrected chi connectivity index (χ3v) is 4.27. The average Bonchev–Trinajstić information content (AvgIpc) is 2.48. The summed E-state index contributed by atoms with van der Waals surface area (Å²) in [6, 6.07) is 18.0. The van der Waals surface area contributed by atoms with Crippen molar-refractivity contribution in [3.63, 3.8) is 0 Å². The van der Waals surface area contributed by atoms with Gasteiger partial charge in [-0.2, -0.15) is 0 Å². The van der Waals surface area contributed by atoms with Gasteiger partial charge in [0.05, 0.1) is 4.90 Å². The van der Waals surface area contributed by atoms with Crippen LogP contribution in [0.5, 0.6) is 0 Å². The number of hydrogen-bond donors (Lipinski definition) is 2. The van der Waals surface area contributed by atoms with Crippen LogP contribution in [0.15, 0.2) is 65.6 Å². The van der Waals surface area contributed by atoms with E-state index in [-0.39, 0.29) is 11.0 Å². The van der Waals surface area contributed by atoms with E-state index in [0.717, 1.165) is 16.8 Å². The fraction of sp³-hybridized carbons (Fsp3) is 0.0588. The Morgan fingerprint density at radius 3 is 2.04 bits per heavy atom. The quantitative estimate of drug-likeness (QED) is 0.703. The minimum absolute atomic E-state index is 0. The predicted molar refractivity (Wildman–Crippen MR) is 92.4 cm³/mol. The molecule has 0 radical (unpaired) electrons. The largest absolute Gasteiger partial charge is 0.744 e. The Morgan fingerprint density at radius 1 is 0.826 bits per heavy atom. The number of rotatable bonds is 3. The van der Waals surface area contributed by atoms with Crippen molar-refractivity contribution in [1.29, 1.82) is 0 Å². The summed E-state index contributed by atoms with van der Waals surface area (Å²) in [4.78, 5) is -0.209. The monoisotopic (exact) mass is 330 g/mol. The van der Waals surface area contributed by atoms with Crippen molar-refractivity contribution >= 4 is 32.3 Å². The third kappa shape index (κ3) is 3.87. The number of aryl methyl sites for hydroxylation is 1. The van der Waals surface area contributed by atoms with E-state index in [9.17, 15) is 13.0 Å². The number of quaternary nitrogens is 1. The molecule has 3 rings (SSSR count). The summed E-state index contributed by atoms with van der Waals surface area (Å²) in [5, 5.41) is 4.87. The maximum Gasteiger partial charge on any atom is 0.124 e. The fourth-order valence-corrected chi connectivity index (χ4v) is 2.77. The lowest BCUT2D eigenvalue weighted by atomic mass is 10.1. The van der Waals surface area contributed by atoms with Gasteiger partial charge < -0.3 is 16.0 Å². The minimum Gasteiger partial charge on any atom is -0.744 e. The maximum absolute atomic E-state index is 11.0. The summed E-state index contributed by atoms with van der Waals surface area (Å²) < 4.78 is 33.1. The molecule has 0 aliphatic carbocycles. The second-order valence-electron chi connectivity index (χ2n) is 5.17. The molecule has 0 aliphatic heterocycles. The Kier molecular flexibility index (Phi) is 4.70. The molecule has 23 heavy (non-hydrogen) atoms. The molecule has 3 aromatic rings. The van der Waals surface area contributed by atoms with Gasteiger partial charge in [0.2, 0.25) is 0 Å². The molecule has 3 aromatic carbocycles. The smallest absolute Gasteiger partial charge is 0.124 e. The second-order valence-corrected chi connectivity index (χ2v) is 6.55. The second kappa shape index (κ2) is 6.37. The topological polar surface area (TPSA) is 106 Å². The highest BCUT2D eigenvalue weighted by atomic mass is 32.2. The van der Waals surface area contributed by atoms with Crippen LogP contribution in [0, 0.1) is 6.92 Å². The van der Waals surface area contributed by atoms with Crippen LogP contribution in [-0.4, -0.2) is 13.0 Å². The van der Waals surface area contributed by atoms with Gasteiger partial charge in [0.25, 0.3) is 0 Å². The Morgan fingerprint density at radius 2 is 1.39 bits per heavy atom. The van der Waals surface area contributed by atoms with Crippen LogP contribution in [0.25, 0.3) is 10.8 Å². The van der Waals surface area contributed by atoms with Crippen LogP contribution >= 0.6 is 0 Å². The molecule has 5 nitrogen and oxygen atoms in total. The predicted octanol–water partition coefficient (Wildman–Crippen LogP) is 4.17. The van der Waals surface area contributed by atoms with Gasteiger partial charge in [-0.05, 0) is 54.1 Å². The van der Waals surface area contributed by atoms with Crippen molar-refractivity contribution in [3.05, 3.63) is 66.2 Å². The van der Waals surface area contributed by atoms with Gasteiger partial charge in [-0.3, -0.25) is 0 Å². The molecule has 6 heteroatoms. The van der Waals surface area contributed by atoms with Crippen molar-refractivity contribution in [2.45, 2.75) is 11.8 Å². The van der Waals surface area contributed by atoms with Crippen molar-refractivity contribution in [2.24, 2.45) is 0 Å². The van der Waals surface area contributed by atoms with E-state index in [1.165, 1.54) is 17.7 Å². The lowest BCUT2D eigenvalue weighted by Crippen LogP contribution is -1.98. The molecule has 0 amide bonds. The van der Waals surface area contributed by atoms with Crippen molar-refractivity contribution in [2.75, 3.05) is 5.32 Å². The zero-order valence-corrected chi connectivity index (χ0v) is 13.7. The molecule has 0 aromatic heterocycles.